The Hall–Kier alpha value is -2.44. The van der Waals surface area contributed by atoms with E-state index in [1.807, 2.05) is 32.0 Å². The molecule has 0 fully saturated rings. The molecule has 0 unspecified atom stereocenters. The van der Waals surface area contributed by atoms with Crippen LogP contribution in [0, 0.1) is 13.8 Å². The van der Waals surface area contributed by atoms with Crippen molar-refractivity contribution in [3.05, 3.63) is 71.8 Å². The van der Waals surface area contributed by atoms with E-state index in [1.165, 1.54) is 30.3 Å². The first-order valence-corrected chi connectivity index (χ1v) is 8.91. The van der Waals surface area contributed by atoms with Crippen LogP contribution in [0.1, 0.15) is 21.5 Å². The zero-order valence-corrected chi connectivity index (χ0v) is 14.5. The summed E-state index contributed by atoms with van der Waals surface area (Å²) in [7, 11) is -3.59. The molecule has 1 amide bonds. The predicted molar refractivity (Wildman–Crippen MR) is 95.7 cm³/mol. The number of benzene rings is 2. The summed E-state index contributed by atoms with van der Waals surface area (Å²) in [6.07, 6.45) is 1.46. The van der Waals surface area contributed by atoms with Gasteiger partial charge in [0.1, 0.15) is 0 Å². The minimum atomic E-state index is -3.59. The van der Waals surface area contributed by atoms with Crippen LogP contribution in [0.2, 0.25) is 0 Å². The van der Waals surface area contributed by atoms with Gasteiger partial charge in [0.2, 0.25) is 10.0 Å². The molecule has 0 bridgehead atoms. The molecule has 2 aromatic rings. The van der Waals surface area contributed by atoms with Crippen LogP contribution < -0.4 is 10.0 Å². The Morgan fingerprint density at radius 3 is 2.42 bits per heavy atom. The summed E-state index contributed by atoms with van der Waals surface area (Å²) in [4.78, 5) is 12.4. The molecular formula is C18H20N2O3S. The smallest absolute Gasteiger partial charge is 0.255 e. The van der Waals surface area contributed by atoms with Gasteiger partial charge < -0.3 is 5.32 Å². The van der Waals surface area contributed by atoms with Gasteiger partial charge in [0.15, 0.2) is 0 Å². The normalized spacial score (nSPS) is 11.1. The van der Waals surface area contributed by atoms with Crippen LogP contribution in [0.3, 0.4) is 0 Å². The van der Waals surface area contributed by atoms with Gasteiger partial charge in [-0.05, 0) is 55.3 Å². The lowest BCUT2D eigenvalue weighted by molar-refractivity contribution is 0.102. The highest BCUT2D eigenvalue weighted by molar-refractivity contribution is 7.89. The van der Waals surface area contributed by atoms with Gasteiger partial charge in [-0.2, -0.15) is 0 Å². The second kappa shape index (κ2) is 7.42. The van der Waals surface area contributed by atoms with Crippen LogP contribution in [0.4, 0.5) is 5.69 Å². The van der Waals surface area contributed by atoms with Gasteiger partial charge in [0.05, 0.1) is 4.90 Å². The fourth-order valence-electron chi connectivity index (χ4n) is 2.12. The van der Waals surface area contributed by atoms with Crippen molar-refractivity contribution in [1.29, 1.82) is 0 Å². The summed E-state index contributed by atoms with van der Waals surface area (Å²) in [6.45, 7) is 7.53. The van der Waals surface area contributed by atoms with E-state index in [9.17, 15) is 13.2 Å². The SMILES string of the molecule is C=CCNS(=O)(=O)c1ccc(C(=O)Nc2cccc(C)c2C)cc1. The topological polar surface area (TPSA) is 75.3 Å². The highest BCUT2D eigenvalue weighted by Crippen LogP contribution is 2.19. The number of rotatable bonds is 6. The first kappa shape index (κ1) is 17.9. The van der Waals surface area contributed by atoms with E-state index in [0.29, 0.717) is 5.56 Å². The van der Waals surface area contributed by atoms with Gasteiger partial charge in [0, 0.05) is 17.8 Å². The maximum atomic E-state index is 12.3. The van der Waals surface area contributed by atoms with Crippen LogP contribution in [0.15, 0.2) is 60.0 Å². The van der Waals surface area contributed by atoms with Crippen LogP contribution >= 0.6 is 0 Å². The van der Waals surface area contributed by atoms with Crippen molar-refractivity contribution in [2.45, 2.75) is 18.7 Å². The summed E-state index contributed by atoms with van der Waals surface area (Å²) in [5, 5.41) is 2.84. The molecule has 0 spiro atoms. The Kier molecular flexibility index (Phi) is 5.54. The fourth-order valence-corrected chi connectivity index (χ4v) is 3.12. The zero-order valence-electron chi connectivity index (χ0n) is 13.7. The molecule has 126 valence electrons. The van der Waals surface area contributed by atoms with Crippen LogP contribution in [-0.2, 0) is 10.0 Å². The van der Waals surface area contributed by atoms with E-state index in [2.05, 4.69) is 16.6 Å². The summed E-state index contributed by atoms with van der Waals surface area (Å²) in [5.41, 5.74) is 3.21. The number of nitrogens with one attached hydrogen (secondary N) is 2. The molecule has 24 heavy (non-hydrogen) atoms. The van der Waals surface area contributed by atoms with Gasteiger partial charge in [-0.15, -0.1) is 6.58 Å². The van der Waals surface area contributed by atoms with Gasteiger partial charge in [-0.1, -0.05) is 18.2 Å². The molecule has 0 atom stereocenters. The molecule has 0 heterocycles. The standard InChI is InChI=1S/C18H20N2O3S/c1-4-12-19-24(22,23)16-10-8-15(9-11-16)18(21)20-17-7-5-6-13(2)14(17)3/h4-11,19H,1,12H2,2-3H3,(H,20,21). The lowest BCUT2D eigenvalue weighted by Crippen LogP contribution is -2.23. The molecule has 0 radical (unpaired) electrons. The molecule has 2 rings (SSSR count). The number of carbonyl (C=O) groups is 1. The number of amides is 1. The Bertz CT molecular complexity index is 856. The summed E-state index contributed by atoms with van der Waals surface area (Å²) in [6, 6.07) is 11.5. The molecule has 0 saturated heterocycles. The van der Waals surface area contributed by atoms with E-state index in [-0.39, 0.29) is 17.3 Å². The molecule has 0 saturated carbocycles. The molecule has 0 aliphatic rings. The maximum absolute atomic E-state index is 12.3. The number of anilines is 1. The predicted octanol–water partition coefficient (Wildman–Crippen LogP) is 3.02. The molecule has 5 nitrogen and oxygen atoms in total. The van der Waals surface area contributed by atoms with Crippen molar-refractivity contribution >= 4 is 21.6 Å². The zero-order chi connectivity index (χ0) is 17.7. The number of carbonyl (C=O) groups excluding carboxylic acids is 1. The van der Waals surface area contributed by atoms with Crippen molar-refractivity contribution in [2.24, 2.45) is 0 Å². The highest BCUT2D eigenvalue weighted by atomic mass is 32.2. The van der Waals surface area contributed by atoms with Crippen molar-refractivity contribution in [1.82, 2.24) is 4.72 Å². The third kappa shape index (κ3) is 4.10. The van der Waals surface area contributed by atoms with Crippen molar-refractivity contribution in [3.8, 4) is 0 Å². The average Bonchev–Trinajstić information content (AvgIpc) is 2.57. The van der Waals surface area contributed by atoms with E-state index in [1.54, 1.807) is 0 Å². The monoisotopic (exact) mass is 344 g/mol. The van der Waals surface area contributed by atoms with Crippen molar-refractivity contribution in [2.75, 3.05) is 11.9 Å². The van der Waals surface area contributed by atoms with Crippen LogP contribution in [0.5, 0.6) is 0 Å². The minimum Gasteiger partial charge on any atom is -0.322 e. The molecular weight excluding hydrogens is 324 g/mol. The number of hydrogen-bond donors (Lipinski definition) is 2. The van der Waals surface area contributed by atoms with Gasteiger partial charge >= 0.3 is 0 Å². The van der Waals surface area contributed by atoms with E-state index < -0.39 is 10.0 Å². The molecule has 6 heteroatoms. The maximum Gasteiger partial charge on any atom is 0.255 e. The van der Waals surface area contributed by atoms with Gasteiger partial charge in [0.25, 0.3) is 5.91 Å². The molecule has 0 aromatic heterocycles. The second-order valence-corrected chi connectivity index (χ2v) is 7.13. The Morgan fingerprint density at radius 2 is 1.79 bits per heavy atom. The summed E-state index contributed by atoms with van der Waals surface area (Å²) >= 11 is 0. The average molecular weight is 344 g/mol. The molecule has 0 aliphatic heterocycles. The Balaban J connectivity index is 2.17. The Morgan fingerprint density at radius 1 is 1.12 bits per heavy atom. The molecule has 0 aliphatic carbocycles. The number of sulfonamides is 1. The van der Waals surface area contributed by atoms with Crippen molar-refractivity contribution < 1.29 is 13.2 Å². The van der Waals surface area contributed by atoms with Crippen molar-refractivity contribution in [3.63, 3.8) is 0 Å². The third-order valence-corrected chi connectivity index (χ3v) is 5.14. The largest absolute Gasteiger partial charge is 0.322 e. The first-order chi connectivity index (χ1) is 11.3. The van der Waals surface area contributed by atoms with E-state index in [0.717, 1.165) is 16.8 Å². The van der Waals surface area contributed by atoms with Gasteiger partial charge in [-0.25, -0.2) is 13.1 Å². The molecule has 2 N–H and O–H groups in total. The highest BCUT2D eigenvalue weighted by Gasteiger charge is 2.14. The molecule has 2 aromatic carbocycles. The third-order valence-electron chi connectivity index (χ3n) is 3.70. The first-order valence-electron chi connectivity index (χ1n) is 7.43. The second-order valence-electron chi connectivity index (χ2n) is 5.37. The lowest BCUT2D eigenvalue weighted by Gasteiger charge is -2.11. The van der Waals surface area contributed by atoms with Crippen LogP contribution in [-0.4, -0.2) is 20.9 Å². The van der Waals surface area contributed by atoms with Crippen LogP contribution in [0.25, 0.3) is 0 Å². The van der Waals surface area contributed by atoms with E-state index >= 15 is 0 Å². The minimum absolute atomic E-state index is 0.104. The number of aryl methyl sites for hydroxylation is 1. The number of hydrogen-bond acceptors (Lipinski definition) is 3. The fraction of sp³-hybridized carbons (Fsp3) is 0.167. The lowest BCUT2D eigenvalue weighted by atomic mass is 10.1. The van der Waals surface area contributed by atoms with Gasteiger partial charge in [-0.3, -0.25) is 4.79 Å². The summed E-state index contributed by atoms with van der Waals surface area (Å²) < 4.78 is 26.4. The van der Waals surface area contributed by atoms with E-state index in [4.69, 9.17) is 0 Å². The summed E-state index contributed by atoms with van der Waals surface area (Å²) in [5.74, 6) is -0.285. The quantitative estimate of drug-likeness (QED) is 0.791. The Labute approximate surface area is 142 Å².